The van der Waals surface area contributed by atoms with Gasteiger partial charge in [-0.15, -0.1) is 0 Å². The van der Waals surface area contributed by atoms with E-state index in [0.717, 1.165) is 43.2 Å². The molecular formula is C20H22N4O2. The molecular weight excluding hydrogens is 328 g/mol. The van der Waals surface area contributed by atoms with Crippen molar-refractivity contribution in [2.75, 3.05) is 24.6 Å². The van der Waals surface area contributed by atoms with Crippen LogP contribution in [0, 0.1) is 12.8 Å². The molecule has 0 bridgehead atoms. The maximum absolute atomic E-state index is 12.3. The number of piperidine rings is 1. The maximum Gasteiger partial charge on any atom is 0.259 e. The van der Waals surface area contributed by atoms with Gasteiger partial charge in [0, 0.05) is 37.1 Å². The topological polar surface area (TPSA) is 59.7 Å². The molecule has 4 rings (SSSR count). The van der Waals surface area contributed by atoms with E-state index in [-0.39, 0.29) is 5.56 Å². The lowest BCUT2D eigenvalue weighted by molar-refractivity contribution is 0.214. The van der Waals surface area contributed by atoms with Crippen molar-refractivity contribution < 1.29 is 4.74 Å². The van der Waals surface area contributed by atoms with E-state index in [2.05, 4.69) is 14.9 Å². The molecule has 0 aliphatic carbocycles. The van der Waals surface area contributed by atoms with Gasteiger partial charge in [0.1, 0.15) is 11.5 Å². The quantitative estimate of drug-likeness (QED) is 0.724. The third-order valence-electron chi connectivity index (χ3n) is 4.91. The second-order valence-electron chi connectivity index (χ2n) is 6.75. The third-order valence-corrected chi connectivity index (χ3v) is 4.91. The van der Waals surface area contributed by atoms with Crippen LogP contribution >= 0.6 is 0 Å². The molecule has 0 aromatic carbocycles. The number of hydrogen-bond acceptors (Lipinski definition) is 5. The van der Waals surface area contributed by atoms with E-state index >= 15 is 0 Å². The monoisotopic (exact) mass is 350 g/mol. The third kappa shape index (κ3) is 3.40. The van der Waals surface area contributed by atoms with Crippen molar-refractivity contribution in [3.8, 4) is 5.88 Å². The van der Waals surface area contributed by atoms with Crippen LogP contribution in [0.5, 0.6) is 5.88 Å². The highest BCUT2D eigenvalue weighted by Gasteiger charge is 2.21. The Kier molecular flexibility index (Phi) is 4.56. The van der Waals surface area contributed by atoms with Crippen molar-refractivity contribution in [2.45, 2.75) is 19.8 Å². The minimum absolute atomic E-state index is 0.0401. The predicted octanol–water partition coefficient (Wildman–Crippen LogP) is 2.69. The molecule has 3 aromatic heterocycles. The molecule has 0 spiro atoms. The Labute approximate surface area is 152 Å². The second-order valence-corrected chi connectivity index (χ2v) is 6.75. The summed E-state index contributed by atoms with van der Waals surface area (Å²) in [5.41, 5.74) is 1.71. The molecule has 26 heavy (non-hydrogen) atoms. The molecule has 1 fully saturated rings. The van der Waals surface area contributed by atoms with Gasteiger partial charge in [0.25, 0.3) is 5.56 Å². The Morgan fingerprint density at radius 2 is 2.04 bits per heavy atom. The average Bonchev–Trinajstić information content (AvgIpc) is 2.68. The summed E-state index contributed by atoms with van der Waals surface area (Å²) in [6, 6.07) is 11.1. The van der Waals surface area contributed by atoms with Crippen molar-refractivity contribution in [2.24, 2.45) is 5.92 Å². The van der Waals surface area contributed by atoms with E-state index in [4.69, 9.17) is 4.74 Å². The first-order valence-corrected chi connectivity index (χ1v) is 8.98. The summed E-state index contributed by atoms with van der Waals surface area (Å²) in [4.78, 5) is 23.4. The van der Waals surface area contributed by atoms with E-state index in [1.54, 1.807) is 22.9 Å². The fourth-order valence-electron chi connectivity index (χ4n) is 3.35. The van der Waals surface area contributed by atoms with Gasteiger partial charge in [-0.25, -0.2) is 9.97 Å². The van der Waals surface area contributed by atoms with Crippen molar-refractivity contribution >= 4 is 11.5 Å². The van der Waals surface area contributed by atoms with Gasteiger partial charge < -0.3 is 9.64 Å². The number of fused-ring (bicyclic) bond motifs is 1. The van der Waals surface area contributed by atoms with Gasteiger partial charge in [-0.2, -0.15) is 0 Å². The van der Waals surface area contributed by atoms with E-state index < -0.39 is 0 Å². The van der Waals surface area contributed by atoms with Crippen LogP contribution in [0.15, 0.2) is 53.6 Å². The Hall–Kier alpha value is -2.89. The van der Waals surface area contributed by atoms with Crippen molar-refractivity contribution in [3.63, 3.8) is 0 Å². The molecule has 0 radical (unpaired) electrons. The summed E-state index contributed by atoms with van der Waals surface area (Å²) in [5, 5.41) is 0. The van der Waals surface area contributed by atoms with Crippen LogP contribution in [0.25, 0.3) is 5.65 Å². The summed E-state index contributed by atoms with van der Waals surface area (Å²) in [7, 11) is 0. The first-order valence-electron chi connectivity index (χ1n) is 8.98. The van der Waals surface area contributed by atoms with Crippen molar-refractivity contribution in [1.29, 1.82) is 0 Å². The molecule has 1 saturated heterocycles. The highest BCUT2D eigenvalue weighted by Crippen LogP contribution is 2.23. The van der Waals surface area contributed by atoms with Crippen LogP contribution in [-0.4, -0.2) is 34.1 Å². The van der Waals surface area contributed by atoms with Crippen LogP contribution in [-0.2, 0) is 0 Å². The zero-order chi connectivity index (χ0) is 17.9. The van der Waals surface area contributed by atoms with E-state index in [1.165, 1.54) is 0 Å². The summed E-state index contributed by atoms with van der Waals surface area (Å²) < 4.78 is 7.46. The number of pyridine rings is 2. The minimum atomic E-state index is -0.0401. The van der Waals surface area contributed by atoms with Gasteiger partial charge in [0.15, 0.2) is 0 Å². The predicted molar refractivity (Wildman–Crippen MR) is 101 cm³/mol. The van der Waals surface area contributed by atoms with Crippen LogP contribution in [0.4, 0.5) is 5.82 Å². The van der Waals surface area contributed by atoms with Gasteiger partial charge >= 0.3 is 0 Å². The number of anilines is 1. The van der Waals surface area contributed by atoms with Crippen molar-refractivity contribution in [1.82, 2.24) is 14.4 Å². The summed E-state index contributed by atoms with van der Waals surface area (Å²) >= 11 is 0. The average molecular weight is 350 g/mol. The molecule has 4 heterocycles. The van der Waals surface area contributed by atoms with Crippen molar-refractivity contribution in [3.05, 3.63) is 64.7 Å². The van der Waals surface area contributed by atoms with Gasteiger partial charge in [-0.1, -0.05) is 12.1 Å². The minimum Gasteiger partial charge on any atom is -0.477 e. The zero-order valence-corrected chi connectivity index (χ0v) is 14.8. The Balaban J connectivity index is 1.39. The van der Waals surface area contributed by atoms with Gasteiger partial charge in [-0.3, -0.25) is 9.20 Å². The second kappa shape index (κ2) is 7.15. The molecule has 134 valence electrons. The molecule has 3 aromatic rings. The van der Waals surface area contributed by atoms with E-state index in [1.807, 2.05) is 37.3 Å². The fourth-order valence-corrected chi connectivity index (χ4v) is 3.35. The number of rotatable bonds is 4. The lowest BCUT2D eigenvalue weighted by Gasteiger charge is -2.32. The lowest BCUT2D eigenvalue weighted by Crippen LogP contribution is -2.37. The number of nitrogens with zero attached hydrogens (tertiary/aromatic N) is 4. The van der Waals surface area contributed by atoms with Crippen LogP contribution < -0.4 is 15.2 Å². The largest absolute Gasteiger partial charge is 0.477 e. The number of aryl methyl sites for hydroxylation is 1. The Morgan fingerprint density at radius 3 is 2.85 bits per heavy atom. The first-order chi connectivity index (χ1) is 12.7. The van der Waals surface area contributed by atoms with Gasteiger partial charge in [-0.05, 0) is 43.9 Å². The smallest absolute Gasteiger partial charge is 0.259 e. The van der Waals surface area contributed by atoms with Gasteiger partial charge in [0.05, 0.1) is 6.61 Å². The number of aromatic nitrogens is 3. The highest BCUT2D eigenvalue weighted by molar-refractivity contribution is 5.48. The normalized spacial score (nSPS) is 15.3. The summed E-state index contributed by atoms with van der Waals surface area (Å²) in [6.07, 6.45) is 5.54. The maximum atomic E-state index is 12.3. The standard InChI is InChI=1S/C20H22N4O2/c1-15-5-4-9-21-20(15)26-14-16-7-11-23(12-8-16)18-13-19(25)24-10-3-2-6-17(24)22-18/h2-6,9-10,13,16H,7-8,11-12,14H2,1H3. The molecule has 6 nitrogen and oxygen atoms in total. The Bertz CT molecular complexity index is 961. The lowest BCUT2D eigenvalue weighted by atomic mass is 9.98. The number of hydrogen-bond donors (Lipinski definition) is 0. The fraction of sp³-hybridized carbons (Fsp3) is 0.350. The SMILES string of the molecule is Cc1cccnc1OCC1CCN(c2cc(=O)n3ccccc3n2)CC1. The molecule has 1 aliphatic rings. The van der Waals surface area contributed by atoms with Crippen LogP contribution in [0.2, 0.25) is 0 Å². The molecule has 0 saturated carbocycles. The molecule has 0 atom stereocenters. The van der Waals surface area contributed by atoms with E-state index in [9.17, 15) is 4.79 Å². The molecule has 0 N–H and O–H groups in total. The van der Waals surface area contributed by atoms with Crippen LogP contribution in [0.1, 0.15) is 18.4 Å². The van der Waals surface area contributed by atoms with Gasteiger partial charge in [0.2, 0.25) is 5.88 Å². The zero-order valence-electron chi connectivity index (χ0n) is 14.8. The molecule has 1 aliphatic heterocycles. The van der Waals surface area contributed by atoms with Crippen LogP contribution in [0.3, 0.4) is 0 Å². The molecule has 0 amide bonds. The highest BCUT2D eigenvalue weighted by atomic mass is 16.5. The number of ether oxygens (including phenoxy) is 1. The first kappa shape index (κ1) is 16.6. The summed E-state index contributed by atoms with van der Waals surface area (Å²) in [6.45, 7) is 4.45. The summed E-state index contributed by atoms with van der Waals surface area (Å²) in [5.74, 6) is 1.98. The molecule has 0 unspecified atom stereocenters. The van der Waals surface area contributed by atoms with E-state index in [0.29, 0.717) is 18.2 Å². The molecule has 6 heteroatoms. The Morgan fingerprint density at radius 1 is 1.19 bits per heavy atom.